The van der Waals surface area contributed by atoms with Crippen molar-refractivity contribution in [3.8, 4) is 11.4 Å². The van der Waals surface area contributed by atoms with Crippen LogP contribution in [0.15, 0.2) is 22.9 Å². The molecule has 0 atom stereocenters. The Morgan fingerprint density at radius 1 is 1.09 bits per heavy atom. The topological polar surface area (TPSA) is 117 Å². The Morgan fingerprint density at radius 2 is 1.72 bits per heavy atom. The van der Waals surface area contributed by atoms with Gasteiger partial charge < -0.3 is 14.0 Å². The minimum Gasteiger partial charge on any atom is -0.442 e. The van der Waals surface area contributed by atoms with Crippen LogP contribution >= 0.6 is 11.6 Å². The van der Waals surface area contributed by atoms with Crippen molar-refractivity contribution in [3.05, 3.63) is 29.9 Å². The van der Waals surface area contributed by atoms with Gasteiger partial charge in [-0.05, 0) is 65.3 Å². The van der Waals surface area contributed by atoms with Crippen molar-refractivity contribution in [2.75, 3.05) is 0 Å². The normalized spacial score (nSPS) is 12.3. The standard InChI is InChI=1S/C19H23ClF2N4O6/c1-17(2,3)29-15(27)26(32-16(28)30-18(4,5)6)10-12-8-7-11(9-23-12)13-24-14(31-25-13)19(20,21)22/h7-9H,10H2,1-6H3. The third kappa shape index (κ3) is 7.91. The zero-order valence-electron chi connectivity index (χ0n) is 18.3. The first-order valence-corrected chi connectivity index (χ1v) is 9.69. The largest absolute Gasteiger partial charge is 0.534 e. The molecule has 0 spiro atoms. The number of rotatable bonds is 4. The van der Waals surface area contributed by atoms with Gasteiger partial charge >= 0.3 is 23.5 Å². The summed E-state index contributed by atoms with van der Waals surface area (Å²) in [5, 5.41) is 0.279. The fourth-order valence-electron chi connectivity index (χ4n) is 2.06. The highest BCUT2D eigenvalue weighted by Crippen LogP contribution is 2.32. The van der Waals surface area contributed by atoms with Crippen LogP contribution in [0.25, 0.3) is 11.4 Å². The summed E-state index contributed by atoms with van der Waals surface area (Å²) < 4.78 is 40.8. The average molecular weight is 477 g/mol. The third-order valence-electron chi connectivity index (χ3n) is 3.23. The minimum absolute atomic E-state index is 0.159. The highest BCUT2D eigenvalue weighted by atomic mass is 35.5. The van der Waals surface area contributed by atoms with Crippen LogP contribution in [-0.4, -0.2) is 43.6 Å². The maximum atomic E-state index is 13.0. The second-order valence-electron chi connectivity index (χ2n) is 8.53. The van der Waals surface area contributed by atoms with Crippen LogP contribution in [-0.2, 0) is 26.2 Å². The van der Waals surface area contributed by atoms with Gasteiger partial charge in [-0.15, -0.1) is 5.06 Å². The molecule has 0 aromatic carbocycles. The van der Waals surface area contributed by atoms with Crippen molar-refractivity contribution in [2.24, 2.45) is 0 Å². The van der Waals surface area contributed by atoms with Crippen LogP contribution in [0.3, 0.4) is 0 Å². The Morgan fingerprint density at radius 3 is 2.19 bits per heavy atom. The molecule has 0 bridgehead atoms. The van der Waals surface area contributed by atoms with Crippen LogP contribution < -0.4 is 0 Å². The molecule has 0 N–H and O–H groups in total. The SMILES string of the molecule is CC(C)(C)OC(=O)ON(Cc1ccc(-c2noc(C(F)(F)Cl)n2)cn1)C(=O)OC(C)(C)C. The van der Waals surface area contributed by atoms with Crippen molar-refractivity contribution >= 4 is 23.8 Å². The van der Waals surface area contributed by atoms with Crippen LogP contribution in [0.1, 0.15) is 53.1 Å². The molecule has 0 aliphatic carbocycles. The Labute approximate surface area is 187 Å². The average Bonchev–Trinajstić information content (AvgIpc) is 3.09. The molecule has 2 aromatic rings. The maximum Gasteiger partial charge on any atom is 0.534 e. The summed E-state index contributed by atoms with van der Waals surface area (Å²) in [7, 11) is 0. The van der Waals surface area contributed by atoms with Crippen molar-refractivity contribution in [1.29, 1.82) is 0 Å². The number of nitrogens with zero attached hydrogens (tertiary/aromatic N) is 4. The predicted octanol–water partition coefficient (Wildman–Crippen LogP) is 5.02. The summed E-state index contributed by atoms with van der Waals surface area (Å²) in [5.41, 5.74) is -1.18. The van der Waals surface area contributed by atoms with Crippen LogP contribution in [0.2, 0.25) is 0 Å². The van der Waals surface area contributed by atoms with Gasteiger partial charge in [0.2, 0.25) is 5.82 Å². The van der Waals surface area contributed by atoms with Gasteiger partial charge in [0.25, 0.3) is 0 Å². The molecule has 0 unspecified atom stereocenters. The van der Waals surface area contributed by atoms with Gasteiger partial charge in [0.15, 0.2) is 0 Å². The highest BCUT2D eigenvalue weighted by molar-refractivity contribution is 6.21. The number of carbonyl (C=O) groups excluding carboxylic acids is 2. The zero-order valence-corrected chi connectivity index (χ0v) is 19.1. The molecule has 176 valence electrons. The molecule has 13 heteroatoms. The molecule has 0 saturated heterocycles. The molecule has 2 aromatic heterocycles. The molecular formula is C19H23ClF2N4O6. The summed E-state index contributed by atoms with van der Waals surface area (Å²) in [6, 6.07) is 2.89. The first kappa shape index (κ1) is 25.2. The lowest BCUT2D eigenvalue weighted by Gasteiger charge is -2.27. The second kappa shape index (κ2) is 9.23. The van der Waals surface area contributed by atoms with E-state index in [1.807, 2.05) is 0 Å². The van der Waals surface area contributed by atoms with E-state index in [0.717, 1.165) is 0 Å². The minimum atomic E-state index is -3.80. The Bertz CT molecular complexity index is 948. The molecule has 2 heterocycles. The number of alkyl halides is 3. The molecule has 0 radical (unpaired) electrons. The molecule has 0 aliphatic heterocycles. The molecule has 0 aliphatic rings. The first-order chi connectivity index (χ1) is 14.5. The Balaban J connectivity index is 2.18. The van der Waals surface area contributed by atoms with E-state index < -0.39 is 34.7 Å². The summed E-state index contributed by atoms with van der Waals surface area (Å²) in [5.74, 6) is -1.21. The molecular weight excluding hydrogens is 454 g/mol. The van der Waals surface area contributed by atoms with Crippen LogP contribution in [0, 0.1) is 0 Å². The fourth-order valence-corrected chi connectivity index (χ4v) is 2.14. The molecule has 10 nitrogen and oxygen atoms in total. The summed E-state index contributed by atoms with van der Waals surface area (Å²) in [4.78, 5) is 37.1. The Kier molecular flexibility index (Phi) is 7.28. The number of pyridine rings is 1. The number of hydrogen-bond donors (Lipinski definition) is 0. The van der Waals surface area contributed by atoms with E-state index in [2.05, 4.69) is 19.6 Å². The number of hydroxylamine groups is 2. The van der Waals surface area contributed by atoms with Crippen molar-refractivity contribution in [1.82, 2.24) is 20.2 Å². The predicted molar refractivity (Wildman–Crippen MR) is 106 cm³/mol. The van der Waals surface area contributed by atoms with Crippen molar-refractivity contribution < 1.29 is 37.2 Å². The first-order valence-electron chi connectivity index (χ1n) is 9.31. The molecule has 0 fully saturated rings. The van der Waals surface area contributed by atoms with Gasteiger partial charge in [-0.1, -0.05) is 5.16 Å². The summed E-state index contributed by atoms with van der Waals surface area (Å²) >= 11 is 4.85. The van der Waals surface area contributed by atoms with Gasteiger partial charge in [-0.25, -0.2) is 9.59 Å². The summed E-state index contributed by atoms with van der Waals surface area (Å²) in [6.07, 6.45) is -0.792. The van der Waals surface area contributed by atoms with Gasteiger partial charge in [-0.3, -0.25) is 9.82 Å². The zero-order chi connectivity index (χ0) is 24.3. The lowest BCUT2D eigenvalue weighted by atomic mass is 10.2. The smallest absolute Gasteiger partial charge is 0.442 e. The number of carbonyl (C=O) groups is 2. The van der Waals surface area contributed by atoms with Crippen molar-refractivity contribution in [3.63, 3.8) is 0 Å². The lowest BCUT2D eigenvalue weighted by Crippen LogP contribution is -2.39. The van der Waals surface area contributed by atoms with Gasteiger partial charge in [0.05, 0.1) is 5.69 Å². The number of ether oxygens (including phenoxy) is 2. The van der Waals surface area contributed by atoms with E-state index in [1.165, 1.54) is 18.3 Å². The van der Waals surface area contributed by atoms with Gasteiger partial charge in [-0.2, -0.15) is 13.8 Å². The van der Waals surface area contributed by atoms with Crippen molar-refractivity contribution in [2.45, 2.75) is 64.7 Å². The molecule has 0 saturated carbocycles. The van der Waals surface area contributed by atoms with E-state index >= 15 is 0 Å². The van der Waals surface area contributed by atoms with Crippen LogP contribution in [0.4, 0.5) is 18.4 Å². The Hall–Kier alpha value is -3.02. The third-order valence-corrected chi connectivity index (χ3v) is 3.39. The lowest BCUT2D eigenvalue weighted by molar-refractivity contribution is -0.141. The van der Waals surface area contributed by atoms with Gasteiger partial charge in [0, 0.05) is 11.8 Å². The van der Waals surface area contributed by atoms with Crippen LogP contribution in [0.5, 0.6) is 0 Å². The number of amides is 1. The summed E-state index contributed by atoms with van der Waals surface area (Å²) in [6.45, 7) is 9.56. The molecule has 2 rings (SSSR count). The fraction of sp³-hybridized carbons (Fsp3) is 0.526. The monoisotopic (exact) mass is 476 g/mol. The van der Waals surface area contributed by atoms with E-state index in [1.54, 1.807) is 41.5 Å². The number of aromatic nitrogens is 3. The quantitative estimate of drug-likeness (QED) is 0.340. The molecule has 1 amide bonds. The number of halogens is 3. The highest BCUT2D eigenvalue weighted by Gasteiger charge is 2.36. The van der Waals surface area contributed by atoms with E-state index in [0.29, 0.717) is 5.06 Å². The van der Waals surface area contributed by atoms with E-state index in [9.17, 15) is 18.4 Å². The van der Waals surface area contributed by atoms with Gasteiger partial charge in [0.1, 0.15) is 17.7 Å². The molecule has 32 heavy (non-hydrogen) atoms. The van der Waals surface area contributed by atoms with E-state index in [4.69, 9.17) is 25.9 Å². The number of hydrogen-bond acceptors (Lipinski definition) is 9. The maximum absolute atomic E-state index is 13.0. The van der Waals surface area contributed by atoms with E-state index in [-0.39, 0.29) is 23.6 Å². The second-order valence-corrected chi connectivity index (χ2v) is 9.01.